The van der Waals surface area contributed by atoms with Gasteiger partial charge in [-0.25, -0.2) is 0 Å². The topological polar surface area (TPSA) is 18.8 Å². The van der Waals surface area contributed by atoms with Crippen molar-refractivity contribution in [2.24, 2.45) is 10.9 Å². The second-order valence-corrected chi connectivity index (χ2v) is 7.05. The van der Waals surface area contributed by atoms with Gasteiger partial charge >= 0.3 is 0 Å². The zero-order valence-electron chi connectivity index (χ0n) is 14.4. The van der Waals surface area contributed by atoms with Crippen molar-refractivity contribution in [3.63, 3.8) is 0 Å². The van der Waals surface area contributed by atoms with Crippen molar-refractivity contribution in [3.8, 4) is 0 Å². The average Bonchev–Trinajstić information content (AvgIpc) is 2.96. The quantitative estimate of drug-likeness (QED) is 0.839. The third-order valence-corrected chi connectivity index (χ3v) is 5.16. The standard InChI is InChI=1S/C21H25N3/c1-17-11-13-23(14-12-17)16-24-15-20(19-9-5-6-10-21(19)24)22-18-7-3-2-4-8-18/h2-10,17H,11-16H2,1H3. The minimum atomic E-state index is 0.877. The van der Waals surface area contributed by atoms with Crippen molar-refractivity contribution < 1.29 is 0 Å². The van der Waals surface area contributed by atoms with E-state index in [1.54, 1.807) is 0 Å². The van der Waals surface area contributed by atoms with Gasteiger partial charge in [0.15, 0.2) is 0 Å². The van der Waals surface area contributed by atoms with Crippen molar-refractivity contribution in [1.82, 2.24) is 4.90 Å². The van der Waals surface area contributed by atoms with E-state index in [1.807, 2.05) is 18.2 Å². The molecule has 0 amide bonds. The Balaban J connectivity index is 1.56. The van der Waals surface area contributed by atoms with Crippen LogP contribution in [0.2, 0.25) is 0 Å². The number of para-hydroxylation sites is 2. The Morgan fingerprint density at radius 2 is 1.67 bits per heavy atom. The minimum absolute atomic E-state index is 0.877. The Bertz CT molecular complexity index is 715. The first kappa shape index (κ1) is 15.4. The fraction of sp³-hybridized carbons (Fsp3) is 0.381. The second kappa shape index (κ2) is 6.78. The van der Waals surface area contributed by atoms with Crippen LogP contribution >= 0.6 is 0 Å². The van der Waals surface area contributed by atoms with Crippen LogP contribution in [0.3, 0.4) is 0 Å². The van der Waals surface area contributed by atoms with Gasteiger partial charge in [-0.1, -0.05) is 43.3 Å². The molecule has 0 bridgehead atoms. The van der Waals surface area contributed by atoms with Crippen LogP contribution in [0, 0.1) is 5.92 Å². The lowest BCUT2D eigenvalue weighted by Gasteiger charge is -2.34. The van der Waals surface area contributed by atoms with E-state index in [0.717, 1.165) is 24.8 Å². The Morgan fingerprint density at radius 1 is 0.958 bits per heavy atom. The number of likely N-dealkylation sites (tertiary alicyclic amines) is 1. The molecule has 0 aromatic heterocycles. The first-order valence-electron chi connectivity index (χ1n) is 8.99. The molecule has 3 heteroatoms. The van der Waals surface area contributed by atoms with Crippen molar-refractivity contribution in [2.75, 3.05) is 31.2 Å². The highest BCUT2D eigenvalue weighted by Gasteiger charge is 2.27. The van der Waals surface area contributed by atoms with E-state index in [0.29, 0.717) is 0 Å². The predicted molar refractivity (Wildman–Crippen MR) is 101 cm³/mol. The van der Waals surface area contributed by atoms with Crippen LogP contribution < -0.4 is 4.90 Å². The van der Waals surface area contributed by atoms with E-state index in [9.17, 15) is 0 Å². The van der Waals surface area contributed by atoms with Gasteiger partial charge in [-0.2, -0.15) is 0 Å². The van der Waals surface area contributed by atoms with Crippen LogP contribution in [0.5, 0.6) is 0 Å². The van der Waals surface area contributed by atoms with Crippen molar-refractivity contribution >= 4 is 17.1 Å². The van der Waals surface area contributed by atoms with Gasteiger partial charge in [-0.05, 0) is 37.0 Å². The summed E-state index contributed by atoms with van der Waals surface area (Å²) in [6.07, 6.45) is 2.64. The molecular formula is C21H25N3. The molecule has 2 aromatic rings. The number of hydrogen-bond donors (Lipinski definition) is 0. The monoisotopic (exact) mass is 319 g/mol. The van der Waals surface area contributed by atoms with E-state index in [4.69, 9.17) is 4.99 Å². The van der Waals surface area contributed by atoms with Crippen LogP contribution in [0.1, 0.15) is 25.3 Å². The molecule has 1 fully saturated rings. The number of nitrogens with zero attached hydrogens (tertiary/aromatic N) is 3. The van der Waals surface area contributed by atoms with E-state index in [2.05, 4.69) is 53.1 Å². The van der Waals surface area contributed by atoms with E-state index >= 15 is 0 Å². The summed E-state index contributed by atoms with van der Waals surface area (Å²) in [7, 11) is 0. The van der Waals surface area contributed by atoms with Gasteiger partial charge in [0.1, 0.15) is 0 Å². The molecule has 4 rings (SSSR count). The molecule has 0 N–H and O–H groups in total. The predicted octanol–water partition coefficient (Wildman–Crippen LogP) is 4.32. The highest BCUT2D eigenvalue weighted by Crippen LogP contribution is 2.30. The molecule has 2 aromatic carbocycles. The summed E-state index contributed by atoms with van der Waals surface area (Å²) in [6.45, 7) is 6.71. The Kier molecular flexibility index (Phi) is 4.35. The summed E-state index contributed by atoms with van der Waals surface area (Å²) in [6, 6.07) is 19.0. The van der Waals surface area contributed by atoms with Crippen LogP contribution in [-0.4, -0.2) is 36.9 Å². The second-order valence-electron chi connectivity index (χ2n) is 7.05. The fourth-order valence-corrected chi connectivity index (χ4v) is 3.67. The summed E-state index contributed by atoms with van der Waals surface area (Å²) in [4.78, 5) is 9.98. The molecular weight excluding hydrogens is 294 g/mol. The van der Waals surface area contributed by atoms with Crippen LogP contribution in [0.15, 0.2) is 59.6 Å². The number of rotatable bonds is 3. The summed E-state index contributed by atoms with van der Waals surface area (Å²) < 4.78 is 0. The normalized spacial score (nSPS) is 20.5. The Labute approximate surface area is 144 Å². The summed E-state index contributed by atoms with van der Waals surface area (Å²) >= 11 is 0. The van der Waals surface area contributed by atoms with Gasteiger partial charge in [0.05, 0.1) is 24.6 Å². The maximum absolute atomic E-state index is 4.91. The Hall–Kier alpha value is -2.13. The van der Waals surface area contributed by atoms with Gasteiger partial charge in [0.2, 0.25) is 0 Å². The molecule has 2 aliphatic heterocycles. The molecule has 0 spiro atoms. The summed E-state index contributed by atoms with van der Waals surface area (Å²) in [5.74, 6) is 0.877. The third-order valence-electron chi connectivity index (χ3n) is 5.16. The zero-order chi connectivity index (χ0) is 16.4. The number of benzene rings is 2. The molecule has 0 unspecified atom stereocenters. The number of fused-ring (bicyclic) bond motifs is 1. The first-order chi connectivity index (χ1) is 11.8. The van der Waals surface area contributed by atoms with Crippen molar-refractivity contribution in [3.05, 3.63) is 60.2 Å². The summed E-state index contributed by atoms with van der Waals surface area (Å²) in [5, 5.41) is 0. The van der Waals surface area contributed by atoms with Crippen molar-refractivity contribution in [1.29, 1.82) is 0 Å². The van der Waals surface area contributed by atoms with Crippen LogP contribution in [0.25, 0.3) is 0 Å². The number of anilines is 1. The molecule has 2 aliphatic rings. The molecule has 0 saturated carbocycles. The molecule has 1 saturated heterocycles. The fourth-order valence-electron chi connectivity index (χ4n) is 3.67. The molecule has 0 aliphatic carbocycles. The molecule has 2 heterocycles. The van der Waals surface area contributed by atoms with Gasteiger partial charge < -0.3 is 4.90 Å². The molecule has 24 heavy (non-hydrogen) atoms. The van der Waals surface area contributed by atoms with Crippen LogP contribution in [-0.2, 0) is 0 Å². The maximum Gasteiger partial charge on any atom is 0.0711 e. The van der Waals surface area contributed by atoms with E-state index < -0.39 is 0 Å². The van der Waals surface area contributed by atoms with Gasteiger partial charge in [-0.3, -0.25) is 9.89 Å². The summed E-state index contributed by atoms with van der Waals surface area (Å²) in [5.41, 5.74) is 4.83. The molecule has 0 atom stereocenters. The highest BCUT2D eigenvalue weighted by molar-refractivity contribution is 6.12. The lowest BCUT2D eigenvalue weighted by atomic mass is 10.00. The highest BCUT2D eigenvalue weighted by atomic mass is 15.3. The van der Waals surface area contributed by atoms with E-state index in [1.165, 1.54) is 42.9 Å². The van der Waals surface area contributed by atoms with Gasteiger partial charge in [-0.15, -0.1) is 0 Å². The molecule has 3 nitrogen and oxygen atoms in total. The first-order valence-corrected chi connectivity index (χ1v) is 8.99. The number of hydrogen-bond acceptors (Lipinski definition) is 3. The molecule has 124 valence electrons. The smallest absolute Gasteiger partial charge is 0.0711 e. The number of aliphatic imine (C=N–C) groups is 1. The zero-order valence-corrected chi connectivity index (χ0v) is 14.4. The SMILES string of the molecule is CC1CCN(CN2CC(=Nc3ccccc3)c3ccccc32)CC1. The maximum atomic E-state index is 4.91. The third kappa shape index (κ3) is 3.22. The lowest BCUT2D eigenvalue weighted by Crippen LogP contribution is -2.42. The molecule has 0 radical (unpaired) electrons. The minimum Gasteiger partial charge on any atom is -0.352 e. The lowest BCUT2D eigenvalue weighted by molar-refractivity contribution is 0.194. The van der Waals surface area contributed by atoms with Crippen LogP contribution in [0.4, 0.5) is 11.4 Å². The average molecular weight is 319 g/mol. The number of piperidine rings is 1. The Morgan fingerprint density at radius 3 is 2.46 bits per heavy atom. The van der Waals surface area contributed by atoms with Crippen molar-refractivity contribution in [2.45, 2.75) is 19.8 Å². The largest absolute Gasteiger partial charge is 0.352 e. The van der Waals surface area contributed by atoms with Gasteiger partial charge in [0.25, 0.3) is 0 Å². The van der Waals surface area contributed by atoms with E-state index in [-0.39, 0.29) is 0 Å². The van der Waals surface area contributed by atoms with Gasteiger partial charge in [0, 0.05) is 24.3 Å².